The highest BCUT2D eigenvalue weighted by Gasteiger charge is 2.19. The molecular weight excluding hydrogens is 414 g/mol. The van der Waals surface area contributed by atoms with Gasteiger partial charge in [-0.15, -0.1) is 0 Å². The topological polar surface area (TPSA) is 153 Å². The van der Waals surface area contributed by atoms with Crippen molar-refractivity contribution >= 4 is 28.8 Å². The first-order valence-corrected chi connectivity index (χ1v) is 9.99. The molecule has 3 heterocycles. The van der Waals surface area contributed by atoms with Crippen molar-refractivity contribution in [3.63, 3.8) is 0 Å². The maximum Gasteiger partial charge on any atom is 0.265 e. The van der Waals surface area contributed by atoms with Gasteiger partial charge in [-0.05, 0) is 26.0 Å². The highest BCUT2D eigenvalue weighted by molar-refractivity contribution is 5.99. The molecule has 166 valence electrons. The number of primary amides is 1. The summed E-state index contributed by atoms with van der Waals surface area (Å²) in [5.74, 6) is -1.66. The van der Waals surface area contributed by atoms with E-state index in [1.807, 2.05) is 13.8 Å². The number of aromatic nitrogens is 4. The van der Waals surface area contributed by atoms with Gasteiger partial charge in [0.05, 0.1) is 24.0 Å². The zero-order valence-electron chi connectivity index (χ0n) is 17.7. The van der Waals surface area contributed by atoms with Gasteiger partial charge in [-0.3, -0.25) is 33.7 Å². The molecule has 3 amide bonds. The first-order valence-electron chi connectivity index (χ1n) is 9.99. The molecule has 0 fully saturated rings. The maximum absolute atomic E-state index is 12.8. The average Bonchev–Trinajstić information content (AvgIpc) is 2.80. The normalized spacial score (nSPS) is 10.7. The van der Waals surface area contributed by atoms with Crippen LogP contribution in [0.2, 0.25) is 0 Å². The highest BCUT2D eigenvalue weighted by atomic mass is 16.2. The number of nitrogens with two attached hydrogens (primary N) is 1. The molecule has 0 saturated heterocycles. The molecule has 0 spiro atoms. The second-order valence-corrected chi connectivity index (χ2v) is 6.90. The van der Waals surface area contributed by atoms with Crippen molar-refractivity contribution in [3.05, 3.63) is 64.1 Å². The molecule has 0 atom stereocenters. The van der Waals surface area contributed by atoms with Crippen LogP contribution in [-0.2, 0) is 17.9 Å². The summed E-state index contributed by atoms with van der Waals surface area (Å²) >= 11 is 0. The summed E-state index contributed by atoms with van der Waals surface area (Å²) in [6.07, 6.45) is 5.88. The molecule has 11 heteroatoms. The molecule has 11 nitrogen and oxygen atoms in total. The summed E-state index contributed by atoms with van der Waals surface area (Å²) in [7, 11) is 0. The number of hydrogen-bond acceptors (Lipinski definition) is 7. The maximum atomic E-state index is 12.8. The predicted octanol–water partition coefficient (Wildman–Crippen LogP) is 0.0838. The lowest BCUT2D eigenvalue weighted by atomic mass is 10.1. The Morgan fingerprint density at radius 2 is 1.84 bits per heavy atom. The lowest BCUT2D eigenvalue weighted by Crippen LogP contribution is -2.38. The van der Waals surface area contributed by atoms with E-state index < -0.39 is 17.4 Å². The number of fused-ring (bicyclic) bond motifs is 1. The number of carbonyl (C=O) groups is 3. The number of carbonyl (C=O) groups excluding carboxylic acids is 3. The van der Waals surface area contributed by atoms with Gasteiger partial charge in [0.25, 0.3) is 17.4 Å². The largest absolute Gasteiger partial charge is 0.365 e. The molecule has 3 aromatic rings. The van der Waals surface area contributed by atoms with Gasteiger partial charge in [0, 0.05) is 37.1 Å². The Kier molecular flexibility index (Phi) is 6.88. The van der Waals surface area contributed by atoms with Crippen LogP contribution in [0.15, 0.2) is 41.7 Å². The van der Waals surface area contributed by atoms with Crippen molar-refractivity contribution in [1.29, 1.82) is 0 Å². The number of nitrogens with zero attached hydrogens (tertiary/aromatic N) is 5. The van der Waals surface area contributed by atoms with E-state index in [2.05, 4.69) is 20.3 Å². The van der Waals surface area contributed by atoms with Crippen molar-refractivity contribution in [1.82, 2.24) is 29.7 Å². The standard InChI is InChI=1S/C21H23N7O4/c1-3-27(4-2)17(29)12-28-19-13(8-16(18(22)30)21(28)32)7-14(9-25-19)20(31)26-11-15-10-23-5-6-24-15/h5-10H,3-4,11-12H2,1-2H3,(H2,22,30)(H,26,31). The molecule has 0 unspecified atom stereocenters. The van der Waals surface area contributed by atoms with E-state index in [1.165, 1.54) is 36.9 Å². The molecule has 0 aliphatic carbocycles. The van der Waals surface area contributed by atoms with Gasteiger partial charge in [0.2, 0.25) is 5.91 Å². The van der Waals surface area contributed by atoms with Crippen LogP contribution in [0, 0.1) is 0 Å². The van der Waals surface area contributed by atoms with Gasteiger partial charge in [-0.25, -0.2) is 4.98 Å². The van der Waals surface area contributed by atoms with E-state index in [0.717, 1.165) is 4.57 Å². The lowest BCUT2D eigenvalue weighted by molar-refractivity contribution is -0.131. The van der Waals surface area contributed by atoms with E-state index in [9.17, 15) is 19.2 Å². The molecular formula is C21H23N7O4. The summed E-state index contributed by atoms with van der Waals surface area (Å²) in [6.45, 7) is 4.46. The molecule has 0 aliphatic rings. The van der Waals surface area contributed by atoms with Crippen LogP contribution in [0.5, 0.6) is 0 Å². The van der Waals surface area contributed by atoms with E-state index in [-0.39, 0.29) is 35.8 Å². The molecule has 3 rings (SSSR count). The number of likely N-dealkylation sites (N-methyl/N-ethyl adjacent to an activating group) is 1. The lowest BCUT2D eigenvalue weighted by Gasteiger charge is -2.20. The Morgan fingerprint density at radius 3 is 2.47 bits per heavy atom. The quantitative estimate of drug-likeness (QED) is 0.506. The SMILES string of the molecule is CCN(CC)C(=O)Cn1c(=O)c(C(N)=O)cc2cc(C(=O)NCc3cnccn3)cnc21. The molecule has 3 aromatic heterocycles. The van der Waals surface area contributed by atoms with Gasteiger partial charge in [-0.2, -0.15) is 0 Å². The summed E-state index contributed by atoms with van der Waals surface area (Å²) in [4.78, 5) is 63.6. The third-order valence-electron chi connectivity index (χ3n) is 4.91. The van der Waals surface area contributed by atoms with Crippen LogP contribution in [0.25, 0.3) is 11.0 Å². The van der Waals surface area contributed by atoms with Crippen molar-refractivity contribution < 1.29 is 14.4 Å². The van der Waals surface area contributed by atoms with E-state index in [0.29, 0.717) is 24.2 Å². The first-order chi connectivity index (χ1) is 15.3. The molecule has 3 N–H and O–H groups in total. The fourth-order valence-corrected chi connectivity index (χ4v) is 3.22. The summed E-state index contributed by atoms with van der Waals surface area (Å²) in [6, 6.07) is 2.77. The third-order valence-corrected chi connectivity index (χ3v) is 4.91. The van der Waals surface area contributed by atoms with Gasteiger partial charge in [-0.1, -0.05) is 0 Å². The van der Waals surface area contributed by atoms with Gasteiger partial charge in [0.15, 0.2) is 0 Å². The molecule has 0 radical (unpaired) electrons. The van der Waals surface area contributed by atoms with Crippen LogP contribution in [-0.4, -0.2) is 55.2 Å². The van der Waals surface area contributed by atoms with Crippen LogP contribution < -0.4 is 16.6 Å². The minimum Gasteiger partial charge on any atom is -0.365 e. The van der Waals surface area contributed by atoms with Crippen molar-refractivity contribution in [2.45, 2.75) is 26.9 Å². The zero-order chi connectivity index (χ0) is 23.3. The number of rotatable bonds is 8. The highest BCUT2D eigenvalue weighted by Crippen LogP contribution is 2.14. The smallest absolute Gasteiger partial charge is 0.265 e. The van der Waals surface area contributed by atoms with Gasteiger partial charge >= 0.3 is 0 Å². The van der Waals surface area contributed by atoms with Crippen molar-refractivity contribution in [3.8, 4) is 0 Å². The molecule has 0 saturated carbocycles. The molecule has 32 heavy (non-hydrogen) atoms. The number of amides is 3. The summed E-state index contributed by atoms with van der Waals surface area (Å²) < 4.78 is 1.11. The van der Waals surface area contributed by atoms with Crippen LogP contribution in [0.4, 0.5) is 0 Å². The summed E-state index contributed by atoms with van der Waals surface area (Å²) in [5, 5.41) is 3.03. The van der Waals surface area contributed by atoms with Gasteiger partial charge < -0.3 is 16.0 Å². The fraction of sp³-hybridized carbons (Fsp3) is 0.286. The van der Waals surface area contributed by atoms with Crippen LogP contribution in [0.1, 0.15) is 40.3 Å². The number of nitrogens with one attached hydrogen (secondary N) is 1. The second kappa shape index (κ2) is 9.77. The Balaban J connectivity index is 1.98. The monoisotopic (exact) mass is 437 g/mol. The van der Waals surface area contributed by atoms with Crippen molar-refractivity contribution in [2.24, 2.45) is 5.73 Å². The minimum atomic E-state index is -0.932. The zero-order valence-corrected chi connectivity index (χ0v) is 17.7. The van der Waals surface area contributed by atoms with Crippen LogP contribution in [0.3, 0.4) is 0 Å². The Bertz CT molecular complexity index is 1220. The average molecular weight is 437 g/mol. The second-order valence-electron chi connectivity index (χ2n) is 6.90. The predicted molar refractivity (Wildman–Crippen MR) is 116 cm³/mol. The molecule has 0 bridgehead atoms. The number of hydrogen-bond donors (Lipinski definition) is 2. The summed E-state index contributed by atoms with van der Waals surface area (Å²) in [5.41, 5.74) is 5.32. The molecule has 0 aromatic carbocycles. The molecule has 0 aliphatic heterocycles. The Morgan fingerprint density at radius 1 is 1.09 bits per heavy atom. The van der Waals surface area contributed by atoms with E-state index >= 15 is 0 Å². The Hall–Kier alpha value is -4.15. The first kappa shape index (κ1) is 22.5. The minimum absolute atomic E-state index is 0.162. The van der Waals surface area contributed by atoms with Gasteiger partial charge in [0.1, 0.15) is 17.8 Å². The van der Waals surface area contributed by atoms with E-state index in [4.69, 9.17) is 5.73 Å². The van der Waals surface area contributed by atoms with E-state index in [1.54, 1.807) is 4.90 Å². The Labute approximate surface area is 183 Å². The van der Waals surface area contributed by atoms with Crippen molar-refractivity contribution in [2.75, 3.05) is 13.1 Å². The van der Waals surface area contributed by atoms with Crippen LogP contribution >= 0.6 is 0 Å². The fourth-order valence-electron chi connectivity index (χ4n) is 3.22. The third kappa shape index (κ3) is 4.77. The number of pyridine rings is 2.